The van der Waals surface area contributed by atoms with E-state index in [1.165, 1.54) is 25.7 Å². The Hall–Kier alpha value is -1.36. The molecule has 5 nitrogen and oxygen atoms in total. The van der Waals surface area contributed by atoms with Gasteiger partial charge in [-0.1, -0.05) is 12.8 Å². The van der Waals surface area contributed by atoms with Gasteiger partial charge in [-0.3, -0.25) is 4.98 Å². The van der Waals surface area contributed by atoms with Crippen molar-refractivity contribution in [1.82, 2.24) is 14.9 Å². The highest BCUT2D eigenvalue weighted by Crippen LogP contribution is 2.33. The van der Waals surface area contributed by atoms with Crippen LogP contribution in [-0.4, -0.2) is 47.6 Å². The standard InChI is InChI=1S/C14H25N5/c1-4-16-12-9-15-10-13(18-12)17-11-14(19(2)3)7-5-6-8-14/h9-10H,4-8,11H2,1-3H3,(H2,16,17,18). The van der Waals surface area contributed by atoms with Crippen molar-refractivity contribution in [3.8, 4) is 0 Å². The Kier molecular flexibility index (Phi) is 4.58. The molecule has 0 aliphatic heterocycles. The molecule has 1 saturated carbocycles. The van der Waals surface area contributed by atoms with Crippen LogP contribution in [0.3, 0.4) is 0 Å². The highest BCUT2D eigenvalue weighted by Gasteiger charge is 2.35. The van der Waals surface area contributed by atoms with Gasteiger partial charge < -0.3 is 15.5 Å². The first-order valence-electron chi connectivity index (χ1n) is 7.13. The van der Waals surface area contributed by atoms with Gasteiger partial charge in [0.1, 0.15) is 11.6 Å². The Morgan fingerprint density at radius 3 is 2.37 bits per heavy atom. The average molecular weight is 263 g/mol. The quantitative estimate of drug-likeness (QED) is 0.824. The average Bonchev–Trinajstić information content (AvgIpc) is 2.87. The maximum atomic E-state index is 4.51. The van der Waals surface area contributed by atoms with Crippen molar-refractivity contribution in [3.63, 3.8) is 0 Å². The molecule has 1 aromatic rings. The van der Waals surface area contributed by atoms with E-state index in [-0.39, 0.29) is 5.54 Å². The minimum atomic E-state index is 0.274. The van der Waals surface area contributed by atoms with Gasteiger partial charge in [0.25, 0.3) is 0 Å². The largest absolute Gasteiger partial charge is 0.369 e. The fourth-order valence-corrected chi connectivity index (χ4v) is 2.79. The smallest absolute Gasteiger partial charge is 0.147 e. The van der Waals surface area contributed by atoms with E-state index in [9.17, 15) is 0 Å². The molecule has 1 heterocycles. The highest BCUT2D eigenvalue weighted by atomic mass is 15.2. The lowest BCUT2D eigenvalue weighted by Crippen LogP contribution is -2.47. The first kappa shape index (κ1) is 14.1. The molecule has 0 spiro atoms. The lowest BCUT2D eigenvalue weighted by Gasteiger charge is -2.36. The molecule has 0 radical (unpaired) electrons. The van der Waals surface area contributed by atoms with E-state index in [0.717, 1.165) is 24.7 Å². The van der Waals surface area contributed by atoms with Gasteiger partial charge >= 0.3 is 0 Å². The van der Waals surface area contributed by atoms with Crippen LogP contribution < -0.4 is 10.6 Å². The number of hydrogen-bond donors (Lipinski definition) is 2. The van der Waals surface area contributed by atoms with Crippen molar-refractivity contribution in [1.29, 1.82) is 0 Å². The molecule has 5 heteroatoms. The minimum absolute atomic E-state index is 0.274. The zero-order valence-corrected chi connectivity index (χ0v) is 12.2. The molecule has 0 aromatic carbocycles. The van der Waals surface area contributed by atoms with Crippen molar-refractivity contribution in [2.45, 2.75) is 38.1 Å². The van der Waals surface area contributed by atoms with Gasteiger partial charge in [-0.05, 0) is 33.9 Å². The first-order valence-corrected chi connectivity index (χ1v) is 7.13. The van der Waals surface area contributed by atoms with Gasteiger partial charge in [0.15, 0.2) is 0 Å². The molecule has 0 amide bonds. The highest BCUT2D eigenvalue weighted by molar-refractivity contribution is 5.41. The molecule has 2 rings (SSSR count). The fraction of sp³-hybridized carbons (Fsp3) is 0.714. The SMILES string of the molecule is CCNc1cncc(NCC2(N(C)C)CCCC2)n1. The predicted octanol–water partition coefficient (Wildman–Crippen LogP) is 2.19. The molecule has 0 unspecified atom stereocenters. The fourth-order valence-electron chi connectivity index (χ4n) is 2.79. The Balaban J connectivity index is 1.99. The number of anilines is 2. The zero-order valence-electron chi connectivity index (χ0n) is 12.2. The molecule has 0 bridgehead atoms. The minimum Gasteiger partial charge on any atom is -0.369 e. The molecule has 0 saturated heterocycles. The summed E-state index contributed by atoms with van der Waals surface area (Å²) in [6.45, 7) is 3.85. The summed E-state index contributed by atoms with van der Waals surface area (Å²) in [6, 6.07) is 0. The second-order valence-electron chi connectivity index (χ2n) is 5.50. The molecule has 1 aliphatic carbocycles. The second-order valence-corrected chi connectivity index (χ2v) is 5.50. The van der Waals surface area contributed by atoms with Crippen molar-refractivity contribution in [2.75, 3.05) is 37.8 Å². The summed E-state index contributed by atoms with van der Waals surface area (Å²) in [6.07, 6.45) is 8.71. The van der Waals surface area contributed by atoms with Crippen LogP contribution in [0.15, 0.2) is 12.4 Å². The Morgan fingerprint density at radius 2 is 1.79 bits per heavy atom. The third-order valence-corrected chi connectivity index (χ3v) is 4.07. The molecular formula is C14H25N5. The lowest BCUT2D eigenvalue weighted by molar-refractivity contribution is 0.172. The van der Waals surface area contributed by atoms with Crippen LogP contribution in [0.25, 0.3) is 0 Å². The van der Waals surface area contributed by atoms with Gasteiger partial charge in [-0.2, -0.15) is 0 Å². The summed E-state index contributed by atoms with van der Waals surface area (Å²) in [5.41, 5.74) is 0.274. The summed E-state index contributed by atoms with van der Waals surface area (Å²) >= 11 is 0. The van der Waals surface area contributed by atoms with Crippen LogP contribution in [0.4, 0.5) is 11.6 Å². The lowest BCUT2D eigenvalue weighted by atomic mass is 9.96. The van der Waals surface area contributed by atoms with E-state index in [4.69, 9.17) is 0 Å². The Morgan fingerprint density at radius 1 is 1.16 bits per heavy atom. The van der Waals surface area contributed by atoms with Crippen LogP contribution in [0, 0.1) is 0 Å². The molecule has 2 N–H and O–H groups in total. The first-order chi connectivity index (χ1) is 9.16. The maximum absolute atomic E-state index is 4.51. The number of nitrogens with one attached hydrogen (secondary N) is 2. The second kappa shape index (κ2) is 6.19. The predicted molar refractivity (Wildman–Crippen MR) is 79.6 cm³/mol. The molecular weight excluding hydrogens is 238 g/mol. The molecule has 106 valence electrons. The summed E-state index contributed by atoms with van der Waals surface area (Å²) in [7, 11) is 4.35. The third kappa shape index (κ3) is 3.35. The Labute approximate surface area is 115 Å². The van der Waals surface area contributed by atoms with Crippen LogP contribution >= 0.6 is 0 Å². The summed E-state index contributed by atoms with van der Waals surface area (Å²) in [5, 5.41) is 6.64. The van der Waals surface area contributed by atoms with Gasteiger partial charge in [0.2, 0.25) is 0 Å². The van der Waals surface area contributed by atoms with Crippen LogP contribution in [0.2, 0.25) is 0 Å². The van der Waals surface area contributed by atoms with Crippen LogP contribution in [0.5, 0.6) is 0 Å². The van der Waals surface area contributed by atoms with Gasteiger partial charge in [-0.15, -0.1) is 0 Å². The third-order valence-electron chi connectivity index (χ3n) is 4.07. The van der Waals surface area contributed by atoms with Crippen molar-refractivity contribution in [2.24, 2.45) is 0 Å². The number of likely N-dealkylation sites (N-methyl/N-ethyl adjacent to an activating group) is 1. The van der Waals surface area contributed by atoms with Gasteiger partial charge in [0.05, 0.1) is 12.4 Å². The normalized spacial score (nSPS) is 17.7. The van der Waals surface area contributed by atoms with Crippen molar-refractivity contribution < 1.29 is 0 Å². The molecule has 19 heavy (non-hydrogen) atoms. The molecule has 1 aromatic heterocycles. The maximum Gasteiger partial charge on any atom is 0.147 e. The topological polar surface area (TPSA) is 53.1 Å². The molecule has 1 aliphatic rings. The number of aromatic nitrogens is 2. The van der Waals surface area contributed by atoms with E-state index >= 15 is 0 Å². The van der Waals surface area contributed by atoms with Crippen molar-refractivity contribution in [3.05, 3.63) is 12.4 Å². The van der Waals surface area contributed by atoms with E-state index in [0.29, 0.717) is 0 Å². The summed E-state index contributed by atoms with van der Waals surface area (Å²) < 4.78 is 0. The Bertz CT molecular complexity index is 399. The number of hydrogen-bond acceptors (Lipinski definition) is 5. The zero-order chi connectivity index (χ0) is 13.7. The van der Waals surface area contributed by atoms with E-state index in [1.54, 1.807) is 12.4 Å². The summed E-state index contributed by atoms with van der Waals surface area (Å²) in [5.74, 6) is 1.68. The van der Waals surface area contributed by atoms with Crippen molar-refractivity contribution >= 4 is 11.6 Å². The summed E-state index contributed by atoms with van der Waals surface area (Å²) in [4.78, 5) is 11.1. The van der Waals surface area contributed by atoms with Gasteiger partial charge in [-0.25, -0.2) is 4.98 Å². The van der Waals surface area contributed by atoms with E-state index in [1.807, 2.05) is 0 Å². The van der Waals surface area contributed by atoms with E-state index in [2.05, 4.69) is 46.5 Å². The van der Waals surface area contributed by atoms with Gasteiger partial charge in [0, 0.05) is 18.6 Å². The number of rotatable bonds is 6. The number of nitrogens with zero attached hydrogens (tertiary/aromatic N) is 3. The van der Waals surface area contributed by atoms with Crippen LogP contribution in [-0.2, 0) is 0 Å². The van der Waals surface area contributed by atoms with E-state index < -0.39 is 0 Å². The molecule has 1 fully saturated rings. The molecule has 0 atom stereocenters. The monoisotopic (exact) mass is 263 g/mol. The van der Waals surface area contributed by atoms with Crippen LogP contribution in [0.1, 0.15) is 32.6 Å².